The standard InChI is InChI=1S/C18H21N3O/c1-13(2)12-21-17-10-5-4-9-16(17)20-18(21)19-14-7-6-8-15(11-14)22-3/h4-11,13H,12H2,1-3H3,(H,19,20). The summed E-state index contributed by atoms with van der Waals surface area (Å²) in [6.07, 6.45) is 0. The maximum Gasteiger partial charge on any atom is 0.208 e. The summed E-state index contributed by atoms with van der Waals surface area (Å²) in [5, 5.41) is 3.41. The van der Waals surface area contributed by atoms with Gasteiger partial charge < -0.3 is 14.6 Å². The number of hydrogen-bond donors (Lipinski definition) is 1. The molecule has 2 aromatic carbocycles. The summed E-state index contributed by atoms with van der Waals surface area (Å²) in [5.74, 6) is 2.24. The SMILES string of the molecule is COc1cccc(Nc2nc3ccccc3n2CC(C)C)c1. The first-order valence-corrected chi connectivity index (χ1v) is 7.53. The molecule has 114 valence electrons. The number of benzene rings is 2. The van der Waals surface area contributed by atoms with E-state index in [1.807, 2.05) is 36.4 Å². The van der Waals surface area contributed by atoms with Crippen LogP contribution in [-0.4, -0.2) is 16.7 Å². The smallest absolute Gasteiger partial charge is 0.208 e. The van der Waals surface area contributed by atoms with Crippen LogP contribution in [0.25, 0.3) is 11.0 Å². The normalized spacial score (nSPS) is 11.1. The molecule has 0 bridgehead atoms. The molecule has 0 spiro atoms. The maximum atomic E-state index is 5.28. The monoisotopic (exact) mass is 295 g/mol. The minimum atomic E-state index is 0.545. The maximum absolute atomic E-state index is 5.28. The van der Waals surface area contributed by atoms with Gasteiger partial charge in [-0.15, -0.1) is 0 Å². The number of aromatic nitrogens is 2. The largest absolute Gasteiger partial charge is 0.497 e. The molecule has 1 aromatic heterocycles. The van der Waals surface area contributed by atoms with E-state index in [0.29, 0.717) is 5.92 Å². The van der Waals surface area contributed by atoms with Crippen molar-refractivity contribution in [2.24, 2.45) is 5.92 Å². The van der Waals surface area contributed by atoms with Gasteiger partial charge in [0.1, 0.15) is 5.75 Å². The number of rotatable bonds is 5. The van der Waals surface area contributed by atoms with Crippen LogP contribution in [0, 0.1) is 5.92 Å². The summed E-state index contributed by atoms with van der Waals surface area (Å²) in [5.41, 5.74) is 3.13. The Balaban J connectivity index is 2.01. The summed E-state index contributed by atoms with van der Waals surface area (Å²) >= 11 is 0. The minimum absolute atomic E-state index is 0.545. The summed E-state index contributed by atoms with van der Waals surface area (Å²) in [6.45, 7) is 5.35. The molecule has 0 aliphatic rings. The van der Waals surface area contributed by atoms with Crippen LogP contribution >= 0.6 is 0 Å². The molecule has 0 radical (unpaired) electrons. The third-order valence-corrected chi connectivity index (χ3v) is 3.53. The number of ether oxygens (including phenoxy) is 1. The van der Waals surface area contributed by atoms with Crippen molar-refractivity contribution in [3.63, 3.8) is 0 Å². The predicted octanol–water partition coefficient (Wildman–Crippen LogP) is 4.44. The van der Waals surface area contributed by atoms with Crippen LogP contribution in [0.2, 0.25) is 0 Å². The zero-order valence-corrected chi connectivity index (χ0v) is 13.2. The second kappa shape index (κ2) is 6.10. The number of methoxy groups -OCH3 is 1. The van der Waals surface area contributed by atoms with Crippen LogP contribution in [0.15, 0.2) is 48.5 Å². The highest BCUT2D eigenvalue weighted by atomic mass is 16.5. The first-order valence-electron chi connectivity index (χ1n) is 7.53. The molecule has 3 aromatic rings. The van der Waals surface area contributed by atoms with Crippen molar-refractivity contribution in [2.75, 3.05) is 12.4 Å². The van der Waals surface area contributed by atoms with Crippen LogP contribution < -0.4 is 10.1 Å². The molecule has 3 rings (SSSR count). The highest BCUT2D eigenvalue weighted by molar-refractivity contribution is 5.79. The van der Waals surface area contributed by atoms with Crippen LogP contribution in [0.5, 0.6) is 5.75 Å². The second-order valence-electron chi connectivity index (χ2n) is 5.79. The van der Waals surface area contributed by atoms with E-state index in [0.717, 1.165) is 35.0 Å². The van der Waals surface area contributed by atoms with Gasteiger partial charge >= 0.3 is 0 Å². The quantitative estimate of drug-likeness (QED) is 0.756. The Kier molecular flexibility index (Phi) is 4.00. The summed E-state index contributed by atoms with van der Waals surface area (Å²) < 4.78 is 7.51. The van der Waals surface area contributed by atoms with Gasteiger partial charge in [-0.05, 0) is 30.2 Å². The summed E-state index contributed by atoms with van der Waals surface area (Å²) in [6, 6.07) is 16.1. The third kappa shape index (κ3) is 2.91. The predicted molar refractivity (Wildman–Crippen MR) is 90.8 cm³/mol. The Morgan fingerprint density at radius 1 is 1.14 bits per heavy atom. The summed E-state index contributed by atoms with van der Waals surface area (Å²) in [4.78, 5) is 4.73. The second-order valence-corrected chi connectivity index (χ2v) is 5.79. The zero-order valence-electron chi connectivity index (χ0n) is 13.2. The van der Waals surface area contributed by atoms with E-state index in [1.165, 1.54) is 0 Å². The molecule has 1 heterocycles. The Hall–Kier alpha value is -2.49. The van der Waals surface area contributed by atoms with Crippen LogP contribution in [0.3, 0.4) is 0 Å². The molecular weight excluding hydrogens is 274 g/mol. The van der Waals surface area contributed by atoms with E-state index in [2.05, 4.69) is 35.9 Å². The van der Waals surface area contributed by atoms with Crippen molar-refractivity contribution < 1.29 is 4.74 Å². The molecule has 0 atom stereocenters. The van der Waals surface area contributed by atoms with Gasteiger partial charge in [0.05, 0.1) is 18.1 Å². The molecule has 0 unspecified atom stereocenters. The van der Waals surface area contributed by atoms with Gasteiger partial charge in [0.2, 0.25) is 5.95 Å². The molecule has 4 nitrogen and oxygen atoms in total. The highest BCUT2D eigenvalue weighted by Crippen LogP contribution is 2.25. The number of nitrogens with one attached hydrogen (secondary N) is 1. The Bertz CT molecular complexity index is 777. The molecule has 0 aliphatic carbocycles. The zero-order chi connectivity index (χ0) is 15.5. The van der Waals surface area contributed by atoms with Crippen molar-refractivity contribution in [2.45, 2.75) is 20.4 Å². The number of fused-ring (bicyclic) bond motifs is 1. The average molecular weight is 295 g/mol. The fourth-order valence-corrected chi connectivity index (χ4v) is 2.55. The van der Waals surface area contributed by atoms with E-state index in [4.69, 9.17) is 9.72 Å². The van der Waals surface area contributed by atoms with E-state index in [1.54, 1.807) is 7.11 Å². The van der Waals surface area contributed by atoms with Crippen molar-refractivity contribution in [1.29, 1.82) is 0 Å². The van der Waals surface area contributed by atoms with Gasteiger partial charge in [-0.25, -0.2) is 4.98 Å². The van der Waals surface area contributed by atoms with Gasteiger partial charge in [-0.2, -0.15) is 0 Å². The van der Waals surface area contributed by atoms with Gasteiger partial charge in [-0.3, -0.25) is 0 Å². The molecule has 0 fully saturated rings. The van der Waals surface area contributed by atoms with Crippen LogP contribution in [0.4, 0.5) is 11.6 Å². The lowest BCUT2D eigenvalue weighted by Crippen LogP contribution is -2.08. The topological polar surface area (TPSA) is 39.1 Å². The van der Waals surface area contributed by atoms with Gasteiger partial charge in [0.25, 0.3) is 0 Å². The van der Waals surface area contributed by atoms with Gasteiger partial charge in [0, 0.05) is 18.3 Å². The first-order chi connectivity index (χ1) is 10.7. The van der Waals surface area contributed by atoms with Gasteiger partial charge in [-0.1, -0.05) is 32.0 Å². The molecular formula is C18H21N3O. The lowest BCUT2D eigenvalue weighted by atomic mass is 10.2. The molecule has 22 heavy (non-hydrogen) atoms. The Morgan fingerprint density at radius 3 is 2.73 bits per heavy atom. The molecule has 0 saturated carbocycles. The number of imidazole rings is 1. The number of nitrogens with zero attached hydrogens (tertiary/aromatic N) is 2. The van der Waals surface area contributed by atoms with E-state index in [9.17, 15) is 0 Å². The third-order valence-electron chi connectivity index (χ3n) is 3.53. The highest BCUT2D eigenvalue weighted by Gasteiger charge is 2.11. The number of anilines is 2. The Labute approximate surface area is 130 Å². The van der Waals surface area contributed by atoms with Crippen molar-refractivity contribution in [3.8, 4) is 5.75 Å². The fourth-order valence-electron chi connectivity index (χ4n) is 2.55. The molecule has 0 aliphatic heterocycles. The molecule has 4 heteroatoms. The fraction of sp³-hybridized carbons (Fsp3) is 0.278. The minimum Gasteiger partial charge on any atom is -0.497 e. The van der Waals surface area contributed by atoms with Crippen LogP contribution in [-0.2, 0) is 6.54 Å². The summed E-state index contributed by atoms with van der Waals surface area (Å²) in [7, 11) is 1.67. The number of para-hydroxylation sites is 2. The van der Waals surface area contributed by atoms with Crippen LogP contribution in [0.1, 0.15) is 13.8 Å². The average Bonchev–Trinajstić information content (AvgIpc) is 2.85. The van der Waals surface area contributed by atoms with Crippen molar-refractivity contribution in [1.82, 2.24) is 9.55 Å². The van der Waals surface area contributed by atoms with E-state index in [-0.39, 0.29) is 0 Å². The lowest BCUT2D eigenvalue weighted by molar-refractivity contribution is 0.415. The van der Waals surface area contributed by atoms with E-state index < -0.39 is 0 Å². The number of hydrogen-bond acceptors (Lipinski definition) is 3. The molecule has 0 saturated heterocycles. The van der Waals surface area contributed by atoms with Crippen molar-refractivity contribution >= 4 is 22.7 Å². The lowest BCUT2D eigenvalue weighted by Gasteiger charge is -2.13. The van der Waals surface area contributed by atoms with Crippen molar-refractivity contribution in [3.05, 3.63) is 48.5 Å². The molecule has 0 amide bonds. The molecule has 1 N–H and O–H groups in total. The first kappa shape index (κ1) is 14.4. The Morgan fingerprint density at radius 2 is 1.95 bits per heavy atom. The van der Waals surface area contributed by atoms with E-state index >= 15 is 0 Å². The van der Waals surface area contributed by atoms with Gasteiger partial charge in [0.15, 0.2) is 0 Å².